The van der Waals surface area contributed by atoms with Gasteiger partial charge in [0.05, 0.1) is 0 Å². The molecular formula is C24H26Cl4Zr2. The third-order valence-electron chi connectivity index (χ3n) is 3.77. The molecule has 0 nitrogen and oxygen atoms in total. The van der Waals surface area contributed by atoms with E-state index in [1.165, 1.54) is 32.7 Å². The van der Waals surface area contributed by atoms with E-state index in [0.717, 1.165) is 12.8 Å². The Labute approximate surface area is 219 Å². The van der Waals surface area contributed by atoms with Crippen LogP contribution in [0.15, 0.2) is 72.8 Å². The normalized spacial score (nSPS) is 8.67. The van der Waals surface area contributed by atoms with Crippen molar-refractivity contribution in [2.24, 2.45) is 0 Å². The zero-order valence-corrected chi connectivity index (χ0v) is 25.2. The van der Waals surface area contributed by atoms with Gasteiger partial charge in [-0.25, -0.2) is 12.8 Å². The molecule has 0 N–H and O–H groups in total. The van der Waals surface area contributed by atoms with Crippen molar-refractivity contribution in [3.05, 3.63) is 97.8 Å². The Morgan fingerprint density at radius 1 is 0.667 bits per heavy atom. The van der Waals surface area contributed by atoms with Crippen molar-refractivity contribution in [2.75, 3.05) is 0 Å². The summed E-state index contributed by atoms with van der Waals surface area (Å²) >= 11 is -1.65. The van der Waals surface area contributed by atoms with Gasteiger partial charge in [0.15, 0.2) is 0 Å². The molecule has 0 aliphatic rings. The van der Waals surface area contributed by atoms with Crippen LogP contribution < -0.4 is 0 Å². The molecule has 0 aliphatic heterocycles. The second kappa shape index (κ2) is 20.2. The number of hydrogen-bond donors (Lipinski definition) is 0. The van der Waals surface area contributed by atoms with Gasteiger partial charge in [0.2, 0.25) is 0 Å². The van der Waals surface area contributed by atoms with Crippen molar-refractivity contribution in [3.63, 3.8) is 0 Å². The van der Waals surface area contributed by atoms with Crippen LogP contribution in [0.1, 0.15) is 24.0 Å². The number of benzene rings is 2. The monoisotopic (exact) mass is 634 g/mol. The van der Waals surface area contributed by atoms with Crippen molar-refractivity contribution in [1.29, 1.82) is 0 Å². The van der Waals surface area contributed by atoms with Gasteiger partial charge in [0, 0.05) is 0 Å². The number of halogens is 4. The van der Waals surface area contributed by atoms with Gasteiger partial charge in [-0.3, -0.25) is 0 Å². The Bertz CT molecular complexity index is 774. The quantitative estimate of drug-likeness (QED) is 0.182. The van der Waals surface area contributed by atoms with Crippen molar-refractivity contribution in [1.82, 2.24) is 0 Å². The Morgan fingerprint density at radius 2 is 0.967 bits per heavy atom. The molecule has 0 unspecified atom stereocenters. The van der Waals surface area contributed by atoms with Crippen molar-refractivity contribution in [2.45, 2.75) is 26.7 Å². The number of fused-ring (bicyclic) bond motifs is 2. The van der Waals surface area contributed by atoms with E-state index < -0.39 is 41.7 Å². The molecule has 0 atom stereocenters. The molecule has 4 aromatic carbocycles. The molecule has 0 bridgehead atoms. The molecule has 0 heterocycles. The van der Waals surface area contributed by atoms with E-state index in [0.29, 0.717) is 0 Å². The van der Waals surface area contributed by atoms with Crippen LogP contribution in [0.4, 0.5) is 0 Å². The van der Waals surface area contributed by atoms with Gasteiger partial charge in [-0.1, -0.05) is 26.0 Å². The van der Waals surface area contributed by atoms with Gasteiger partial charge >= 0.3 is 75.7 Å². The molecule has 4 rings (SSSR count). The van der Waals surface area contributed by atoms with Crippen LogP contribution in [-0.4, -0.2) is 0 Å². The third-order valence-corrected chi connectivity index (χ3v) is 3.77. The predicted molar refractivity (Wildman–Crippen MR) is 132 cm³/mol. The summed E-state index contributed by atoms with van der Waals surface area (Å²) in [5, 5.41) is 5.39. The van der Waals surface area contributed by atoms with Crippen molar-refractivity contribution >= 4 is 55.6 Å². The van der Waals surface area contributed by atoms with E-state index in [2.05, 4.69) is 100 Å². The van der Waals surface area contributed by atoms with Crippen molar-refractivity contribution in [3.8, 4) is 0 Å². The van der Waals surface area contributed by atoms with E-state index >= 15 is 0 Å². The SMILES string of the molecule is Cc1cc2ccccc2[cH-]1.Cc1cc2ccccc2[cH-]1.[CH2-]CC[CH2-].[Cl][Zr+2][Cl].[Cl][Zr+2][Cl]. The van der Waals surface area contributed by atoms with E-state index in [1.807, 2.05) is 0 Å². The Morgan fingerprint density at radius 3 is 1.23 bits per heavy atom. The first-order chi connectivity index (χ1) is 14.5. The zero-order chi connectivity index (χ0) is 22.8. The fourth-order valence-corrected chi connectivity index (χ4v) is 2.61. The summed E-state index contributed by atoms with van der Waals surface area (Å²) in [5.74, 6) is 0. The second-order valence-corrected chi connectivity index (χ2v) is 13.6. The van der Waals surface area contributed by atoms with Crippen LogP contribution in [0.2, 0.25) is 0 Å². The number of aryl methyl sites for hydroxylation is 2. The van der Waals surface area contributed by atoms with Gasteiger partial charge < -0.3 is 13.8 Å². The van der Waals surface area contributed by atoms with E-state index in [9.17, 15) is 0 Å². The van der Waals surface area contributed by atoms with Gasteiger partial charge in [0.25, 0.3) is 0 Å². The molecule has 0 aliphatic carbocycles. The minimum atomic E-state index is -0.826. The molecular weight excluding hydrogens is 613 g/mol. The first-order valence-corrected chi connectivity index (χ1v) is 21.9. The summed E-state index contributed by atoms with van der Waals surface area (Å²) in [4.78, 5) is 0. The Hall–Kier alpha value is 0.586. The summed E-state index contributed by atoms with van der Waals surface area (Å²) in [6, 6.07) is 25.7. The van der Waals surface area contributed by atoms with Crippen LogP contribution in [0, 0.1) is 27.7 Å². The molecule has 30 heavy (non-hydrogen) atoms. The maximum absolute atomic E-state index is 4.93. The summed E-state index contributed by atoms with van der Waals surface area (Å²) in [5.41, 5.74) is 2.70. The number of unbranched alkanes of at least 4 members (excludes halogenated alkanes) is 1. The third kappa shape index (κ3) is 13.9. The molecule has 4 aromatic rings. The van der Waals surface area contributed by atoms with Crippen LogP contribution in [0.25, 0.3) is 21.5 Å². The number of hydrogen-bond acceptors (Lipinski definition) is 0. The van der Waals surface area contributed by atoms with Gasteiger partial charge in [-0.15, -0.1) is 81.2 Å². The molecule has 0 radical (unpaired) electrons. The average molecular weight is 639 g/mol. The van der Waals surface area contributed by atoms with Gasteiger partial charge in [-0.2, -0.15) is 12.1 Å². The molecule has 158 valence electrons. The number of rotatable bonds is 1. The first-order valence-electron chi connectivity index (χ1n) is 9.22. The fraction of sp³-hybridized carbons (Fsp3) is 0.167. The average Bonchev–Trinajstić information content (AvgIpc) is 3.30. The van der Waals surface area contributed by atoms with Crippen LogP contribution >= 0.6 is 34.1 Å². The predicted octanol–water partition coefficient (Wildman–Crippen LogP) is 9.92. The van der Waals surface area contributed by atoms with Crippen LogP contribution in [-0.2, 0) is 41.7 Å². The molecule has 0 aromatic heterocycles. The molecule has 0 spiro atoms. The standard InChI is InChI=1S/2C10H9.C4H8.4ClH.2Zr/c2*1-8-6-9-4-2-3-5-10(9)7-8;1-3-4-2;;;;;;/h2*2-7H,1H3;1-4H2;4*1H;;/q2*-1;-2;;;;;2*+4/p-4. The first kappa shape index (κ1) is 30.6. The molecule has 0 amide bonds. The van der Waals surface area contributed by atoms with Gasteiger partial charge in [0.1, 0.15) is 0 Å². The molecule has 0 saturated heterocycles. The fourth-order valence-electron chi connectivity index (χ4n) is 2.61. The topological polar surface area (TPSA) is 0 Å². The summed E-state index contributed by atoms with van der Waals surface area (Å²) in [7, 11) is 19.7. The maximum atomic E-state index is 4.93. The minimum absolute atomic E-state index is 0.826. The summed E-state index contributed by atoms with van der Waals surface area (Å²) in [6.07, 6.45) is 1.92. The summed E-state index contributed by atoms with van der Waals surface area (Å²) in [6.45, 7) is 11.3. The van der Waals surface area contributed by atoms with Gasteiger partial charge in [-0.05, 0) is 0 Å². The molecule has 0 fully saturated rings. The zero-order valence-electron chi connectivity index (χ0n) is 17.3. The van der Waals surface area contributed by atoms with E-state index in [1.54, 1.807) is 0 Å². The van der Waals surface area contributed by atoms with E-state index in [-0.39, 0.29) is 0 Å². The molecule has 6 heteroatoms. The summed E-state index contributed by atoms with van der Waals surface area (Å²) < 4.78 is 0. The van der Waals surface area contributed by atoms with Crippen LogP contribution in [0.3, 0.4) is 0 Å². The Balaban J connectivity index is 0.000000395. The second-order valence-electron chi connectivity index (χ2n) is 6.17. The Kier molecular flexibility index (Phi) is 20.6. The molecule has 0 saturated carbocycles. The van der Waals surface area contributed by atoms with Crippen molar-refractivity contribution < 1.29 is 41.7 Å². The van der Waals surface area contributed by atoms with E-state index in [4.69, 9.17) is 34.1 Å². The van der Waals surface area contributed by atoms with Crippen LogP contribution in [0.5, 0.6) is 0 Å².